The van der Waals surface area contributed by atoms with Gasteiger partial charge >= 0.3 is 0 Å². The summed E-state index contributed by atoms with van der Waals surface area (Å²) in [6, 6.07) is 15.7. The lowest BCUT2D eigenvalue weighted by atomic mass is 9.89. The third kappa shape index (κ3) is 4.71. The van der Waals surface area contributed by atoms with Crippen molar-refractivity contribution in [3.05, 3.63) is 114 Å². The third-order valence-corrected chi connectivity index (χ3v) is 10.5. The zero-order chi connectivity index (χ0) is 25.0. The van der Waals surface area contributed by atoms with E-state index in [2.05, 4.69) is 119 Å². The number of anilines is 1. The summed E-state index contributed by atoms with van der Waals surface area (Å²) in [5.41, 5.74) is 9.06. The van der Waals surface area contributed by atoms with Gasteiger partial charge in [-0.1, -0.05) is 63.2 Å². The summed E-state index contributed by atoms with van der Waals surface area (Å²) in [7, 11) is 2.22. The number of allylic oxidation sites excluding steroid dienone is 4. The molecule has 0 radical (unpaired) electrons. The van der Waals surface area contributed by atoms with Crippen LogP contribution >= 0.6 is 0 Å². The molecular formula is C31H39N2Si+. The third-order valence-electron chi connectivity index (χ3n) is 6.89. The number of nitrogens with zero attached hydrogens (tertiary/aromatic N) is 2. The molecule has 0 spiro atoms. The summed E-state index contributed by atoms with van der Waals surface area (Å²) < 4.78 is 2.27. The van der Waals surface area contributed by atoms with Crippen LogP contribution in [0.4, 0.5) is 5.69 Å². The molecule has 0 saturated carbocycles. The van der Waals surface area contributed by atoms with Crippen LogP contribution in [-0.4, -0.2) is 45.5 Å². The van der Waals surface area contributed by atoms with E-state index in [9.17, 15) is 0 Å². The fraction of sp³-hybridized carbons (Fsp3) is 0.258. The number of hydrogen-bond donors (Lipinski definition) is 0. The Hall–Kier alpha value is -3.17. The second-order valence-corrected chi connectivity index (χ2v) is 14.1. The van der Waals surface area contributed by atoms with Crippen LogP contribution in [0.2, 0.25) is 13.1 Å². The topological polar surface area (TPSA) is 6.25 Å². The summed E-state index contributed by atoms with van der Waals surface area (Å²) in [6.45, 7) is 23.0. The number of rotatable bonds is 8. The Kier molecular flexibility index (Phi) is 7.78. The molecule has 1 aliphatic rings. The second kappa shape index (κ2) is 10.4. The smallest absolute Gasteiger partial charge is 0.199 e. The van der Waals surface area contributed by atoms with E-state index in [1.807, 2.05) is 18.2 Å². The maximum atomic E-state index is 4.16. The van der Waals surface area contributed by atoms with E-state index in [-0.39, 0.29) is 0 Å². The SMILES string of the molecule is C=CC[N+](CC=C)=C(C=C)/C=C1\C(C)=C(c2ccccc2C)c2ccc(N(C)C)cc2[Si]1(C)C. The maximum Gasteiger partial charge on any atom is 0.199 e. The van der Waals surface area contributed by atoms with E-state index in [0.29, 0.717) is 0 Å². The van der Waals surface area contributed by atoms with Crippen LogP contribution in [0.1, 0.15) is 23.6 Å². The van der Waals surface area contributed by atoms with Gasteiger partial charge in [0.2, 0.25) is 0 Å². The maximum absolute atomic E-state index is 4.16. The Labute approximate surface area is 207 Å². The predicted octanol–water partition coefficient (Wildman–Crippen LogP) is 6.29. The summed E-state index contributed by atoms with van der Waals surface area (Å²) in [5, 5.41) is 2.93. The lowest BCUT2D eigenvalue weighted by molar-refractivity contribution is -0.505. The molecule has 0 fully saturated rings. The fourth-order valence-electron chi connectivity index (χ4n) is 5.01. The first-order chi connectivity index (χ1) is 16.2. The molecule has 2 nitrogen and oxygen atoms in total. The van der Waals surface area contributed by atoms with Crippen molar-refractivity contribution in [2.75, 3.05) is 32.1 Å². The first kappa shape index (κ1) is 25.4. The normalized spacial score (nSPS) is 15.5. The van der Waals surface area contributed by atoms with Gasteiger partial charge in [-0.3, -0.25) is 0 Å². The summed E-state index contributed by atoms with van der Waals surface area (Å²) in [4.78, 5) is 2.20. The molecule has 0 unspecified atom stereocenters. The first-order valence-electron chi connectivity index (χ1n) is 11.9. The largest absolute Gasteiger partial charge is 0.378 e. The molecule has 0 saturated heterocycles. The standard InChI is InChI=1S/C31H39N2Si/c1-10-19-33(20-11-2)25(12-3)21-29-24(5)31(27-16-14-13-15-23(27)4)28-18-17-26(32(6)7)22-30(28)34(29,8)9/h10-18,21-22H,1-3,19-20H2,4-9H3/q+1. The van der Waals surface area contributed by atoms with Crippen molar-refractivity contribution in [2.45, 2.75) is 26.9 Å². The van der Waals surface area contributed by atoms with Gasteiger partial charge in [0.25, 0.3) is 0 Å². The minimum absolute atomic E-state index is 0.758. The van der Waals surface area contributed by atoms with Crippen LogP contribution in [0.3, 0.4) is 0 Å². The molecule has 3 heteroatoms. The summed E-state index contributed by atoms with van der Waals surface area (Å²) in [6.07, 6.45) is 8.23. The lowest BCUT2D eigenvalue weighted by Crippen LogP contribution is -2.49. The average Bonchev–Trinajstić information content (AvgIpc) is 2.80. The van der Waals surface area contributed by atoms with Gasteiger partial charge in [0, 0.05) is 31.9 Å². The Morgan fingerprint density at radius 3 is 2.15 bits per heavy atom. The Morgan fingerprint density at radius 1 is 0.941 bits per heavy atom. The molecule has 0 bridgehead atoms. The Morgan fingerprint density at radius 2 is 1.59 bits per heavy atom. The molecule has 176 valence electrons. The van der Waals surface area contributed by atoms with Crippen LogP contribution in [-0.2, 0) is 0 Å². The van der Waals surface area contributed by atoms with Gasteiger partial charge in [-0.2, -0.15) is 0 Å². The molecule has 2 aromatic rings. The molecule has 34 heavy (non-hydrogen) atoms. The highest BCUT2D eigenvalue weighted by molar-refractivity contribution is 6.97. The fourth-order valence-corrected chi connectivity index (χ4v) is 8.26. The van der Waals surface area contributed by atoms with Gasteiger partial charge in [-0.05, 0) is 76.4 Å². The highest BCUT2D eigenvalue weighted by Crippen LogP contribution is 2.40. The highest BCUT2D eigenvalue weighted by atomic mass is 28.3. The molecule has 2 aromatic carbocycles. The van der Waals surface area contributed by atoms with Gasteiger partial charge in [0.05, 0.1) is 0 Å². The summed E-state index contributed by atoms with van der Waals surface area (Å²) >= 11 is 0. The number of hydrogen-bond acceptors (Lipinski definition) is 1. The minimum atomic E-state index is -2.01. The van der Waals surface area contributed by atoms with Crippen LogP contribution < -0.4 is 10.1 Å². The van der Waals surface area contributed by atoms with Crippen molar-refractivity contribution in [1.29, 1.82) is 0 Å². The van der Waals surface area contributed by atoms with Crippen molar-refractivity contribution in [2.24, 2.45) is 0 Å². The molecule has 3 rings (SSSR count). The molecule has 0 aromatic heterocycles. The van der Waals surface area contributed by atoms with Crippen LogP contribution in [0.25, 0.3) is 5.57 Å². The van der Waals surface area contributed by atoms with Gasteiger partial charge in [0.1, 0.15) is 8.07 Å². The van der Waals surface area contributed by atoms with E-state index in [4.69, 9.17) is 0 Å². The number of aryl methyl sites for hydroxylation is 1. The zero-order valence-electron chi connectivity index (χ0n) is 21.8. The van der Waals surface area contributed by atoms with Crippen molar-refractivity contribution in [3.63, 3.8) is 0 Å². The van der Waals surface area contributed by atoms with Crippen LogP contribution in [0.15, 0.2) is 97.3 Å². The monoisotopic (exact) mass is 467 g/mol. The van der Waals surface area contributed by atoms with E-state index >= 15 is 0 Å². The van der Waals surface area contributed by atoms with E-state index < -0.39 is 8.07 Å². The van der Waals surface area contributed by atoms with Crippen molar-refractivity contribution < 1.29 is 4.58 Å². The lowest BCUT2D eigenvalue weighted by Gasteiger charge is -2.37. The Bertz CT molecular complexity index is 1210. The highest BCUT2D eigenvalue weighted by Gasteiger charge is 2.38. The minimum Gasteiger partial charge on any atom is -0.378 e. The van der Waals surface area contributed by atoms with E-state index in [1.165, 1.54) is 43.9 Å². The van der Waals surface area contributed by atoms with E-state index in [0.717, 1.165) is 18.8 Å². The first-order valence-corrected chi connectivity index (χ1v) is 14.9. The molecule has 0 atom stereocenters. The van der Waals surface area contributed by atoms with Crippen LogP contribution in [0.5, 0.6) is 0 Å². The Balaban J connectivity index is 2.43. The van der Waals surface area contributed by atoms with Crippen molar-refractivity contribution in [1.82, 2.24) is 0 Å². The quantitative estimate of drug-likeness (QED) is 0.191. The summed E-state index contributed by atoms with van der Waals surface area (Å²) in [5.74, 6) is 0. The molecule has 0 amide bonds. The van der Waals surface area contributed by atoms with E-state index in [1.54, 1.807) is 0 Å². The van der Waals surface area contributed by atoms with Gasteiger partial charge in [0.15, 0.2) is 18.8 Å². The second-order valence-electron chi connectivity index (χ2n) is 9.73. The zero-order valence-corrected chi connectivity index (χ0v) is 22.8. The van der Waals surface area contributed by atoms with Crippen LogP contribution in [0, 0.1) is 6.92 Å². The average molecular weight is 468 g/mol. The van der Waals surface area contributed by atoms with Gasteiger partial charge < -0.3 is 4.90 Å². The molecule has 1 aliphatic heterocycles. The van der Waals surface area contributed by atoms with Gasteiger partial charge in [-0.25, -0.2) is 4.58 Å². The molecule has 0 aliphatic carbocycles. The van der Waals surface area contributed by atoms with Crippen molar-refractivity contribution >= 4 is 30.2 Å². The predicted molar refractivity (Wildman–Crippen MR) is 154 cm³/mol. The number of fused-ring (bicyclic) bond motifs is 1. The molecule has 0 N–H and O–H groups in total. The number of benzene rings is 2. The molecule has 1 heterocycles. The van der Waals surface area contributed by atoms with Gasteiger partial charge in [-0.15, -0.1) is 0 Å². The molecular weight excluding hydrogens is 428 g/mol. The van der Waals surface area contributed by atoms with Crippen molar-refractivity contribution in [3.8, 4) is 0 Å².